The number of carboxylic acid groups (broad SMARTS) is 1. The lowest BCUT2D eigenvalue weighted by atomic mass is 9.95. The number of piperidine rings is 1. The zero-order valence-corrected chi connectivity index (χ0v) is 9.85. The zero-order chi connectivity index (χ0) is 12.3. The van der Waals surface area contributed by atoms with Gasteiger partial charge in [0.2, 0.25) is 5.91 Å². The minimum atomic E-state index is -0.764. The molecule has 1 atom stereocenters. The van der Waals surface area contributed by atoms with Crippen LogP contribution in [0.4, 0.5) is 0 Å². The van der Waals surface area contributed by atoms with Crippen molar-refractivity contribution in [3.05, 3.63) is 0 Å². The Balaban J connectivity index is 2.47. The van der Waals surface area contributed by atoms with Crippen molar-refractivity contribution < 1.29 is 14.7 Å². The van der Waals surface area contributed by atoms with Gasteiger partial charge in [0, 0.05) is 13.1 Å². The molecule has 1 saturated heterocycles. The van der Waals surface area contributed by atoms with Crippen LogP contribution in [0.15, 0.2) is 0 Å². The molecule has 1 aliphatic rings. The van der Waals surface area contributed by atoms with Gasteiger partial charge < -0.3 is 15.7 Å². The number of nitrogens with zero attached hydrogens (tertiary/aromatic N) is 1. The molecule has 1 amide bonds. The van der Waals surface area contributed by atoms with Gasteiger partial charge in [-0.05, 0) is 18.8 Å². The van der Waals surface area contributed by atoms with E-state index in [0.29, 0.717) is 25.9 Å². The quantitative estimate of drug-likeness (QED) is 0.727. The summed E-state index contributed by atoms with van der Waals surface area (Å²) in [6.45, 7) is 4.84. The molecular weight excluding hydrogens is 208 g/mol. The minimum absolute atomic E-state index is 0.0566. The van der Waals surface area contributed by atoms with Gasteiger partial charge in [-0.1, -0.05) is 13.8 Å². The number of likely N-dealkylation sites (tertiary alicyclic amines) is 1. The highest BCUT2D eigenvalue weighted by Gasteiger charge is 2.30. The first-order valence-electron chi connectivity index (χ1n) is 5.70. The number of carbonyl (C=O) groups is 2. The summed E-state index contributed by atoms with van der Waals surface area (Å²) in [5, 5.41) is 8.83. The van der Waals surface area contributed by atoms with E-state index in [9.17, 15) is 9.59 Å². The summed E-state index contributed by atoms with van der Waals surface area (Å²) in [4.78, 5) is 24.3. The molecule has 0 saturated carbocycles. The van der Waals surface area contributed by atoms with Crippen molar-refractivity contribution in [1.29, 1.82) is 0 Å². The third-order valence-corrected chi connectivity index (χ3v) is 3.16. The Labute approximate surface area is 95.6 Å². The maximum absolute atomic E-state index is 11.9. The molecule has 5 nitrogen and oxygen atoms in total. The van der Waals surface area contributed by atoms with Crippen molar-refractivity contribution in [2.24, 2.45) is 17.6 Å². The summed E-state index contributed by atoms with van der Waals surface area (Å²) in [6.07, 6.45) is 1.07. The summed E-state index contributed by atoms with van der Waals surface area (Å²) in [7, 11) is 0. The van der Waals surface area contributed by atoms with Crippen molar-refractivity contribution in [2.75, 3.05) is 13.1 Å². The number of hydrogen-bond donors (Lipinski definition) is 2. The van der Waals surface area contributed by atoms with E-state index in [4.69, 9.17) is 10.8 Å². The number of nitrogens with two attached hydrogens (primary N) is 1. The van der Waals surface area contributed by atoms with Gasteiger partial charge in [0.1, 0.15) is 0 Å². The number of carbonyl (C=O) groups excluding carboxylic acids is 1. The average Bonchev–Trinajstić information content (AvgIpc) is 2.27. The van der Waals surface area contributed by atoms with Crippen molar-refractivity contribution in [1.82, 2.24) is 4.90 Å². The largest absolute Gasteiger partial charge is 0.481 e. The summed E-state index contributed by atoms with van der Waals surface area (Å²) < 4.78 is 0. The van der Waals surface area contributed by atoms with Crippen LogP contribution in [0.1, 0.15) is 26.7 Å². The van der Waals surface area contributed by atoms with E-state index in [0.717, 1.165) is 0 Å². The fourth-order valence-electron chi connectivity index (χ4n) is 1.84. The van der Waals surface area contributed by atoms with Crippen LogP contribution in [-0.2, 0) is 9.59 Å². The first-order chi connectivity index (χ1) is 7.43. The molecule has 0 aromatic rings. The maximum Gasteiger partial charge on any atom is 0.306 e. The number of aliphatic carboxylic acids is 1. The predicted molar refractivity (Wildman–Crippen MR) is 59.8 cm³/mol. The van der Waals surface area contributed by atoms with Crippen LogP contribution < -0.4 is 5.73 Å². The van der Waals surface area contributed by atoms with Crippen molar-refractivity contribution in [3.63, 3.8) is 0 Å². The molecule has 0 spiro atoms. The topological polar surface area (TPSA) is 83.6 Å². The van der Waals surface area contributed by atoms with E-state index < -0.39 is 12.0 Å². The van der Waals surface area contributed by atoms with E-state index in [1.807, 2.05) is 13.8 Å². The second-order valence-corrected chi connectivity index (χ2v) is 4.71. The number of rotatable bonds is 3. The lowest BCUT2D eigenvalue weighted by Crippen LogP contribution is -2.49. The van der Waals surface area contributed by atoms with Crippen LogP contribution in [0.5, 0.6) is 0 Å². The molecule has 0 bridgehead atoms. The van der Waals surface area contributed by atoms with Gasteiger partial charge in [0.05, 0.1) is 12.0 Å². The minimum Gasteiger partial charge on any atom is -0.481 e. The second-order valence-electron chi connectivity index (χ2n) is 4.71. The maximum atomic E-state index is 11.9. The highest BCUT2D eigenvalue weighted by atomic mass is 16.4. The molecule has 92 valence electrons. The molecule has 1 rings (SSSR count). The Bertz CT molecular complexity index is 270. The first kappa shape index (κ1) is 13.0. The summed E-state index contributed by atoms with van der Waals surface area (Å²) in [5.41, 5.74) is 5.78. The summed E-state index contributed by atoms with van der Waals surface area (Å²) in [6, 6.07) is -0.471. The second kappa shape index (κ2) is 5.30. The molecule has 1 aliphatic heterocycles. The SMILES string of the molecule is CC(C)C(N)C(=O)N1CCC(C(=O)O)CC1. The van der Waals surface area contributed by atoms with Crippen LogP contribution in [0, 0.1) is 11.8 Å². The van der Waals surface area contributed by atoms with Gasteiger partial charge in [0.15, 0.2) is 0 Å². The van der Waals surface area contributed by atoms with Gasteiger partial charge in [-0.25, -0.2) is 0 Å². The lowest BCUT2D eigenvalue weighted by molar-refractivity contribution is -0.146. The molecule has 16 heavy (non-hydrogen) atoms. The van der Waals surface area contributed by atoms with Crippen LogP contribution in [-0.4, -0.2) is 41.0 Å². The van der Waals surface area contributed by atoms with Crippen LogP contribution in [0.25, 0.3) is 0 Å². The predicted octanol–water partition coefficient (Wildman–Crippen LogP) is 0.293. The molecule has 1 heterocycles. The molecule has 1 unspecified atom stereocenters. The molecule has 5 heteroatoms. The van der Waals surface area contributed by atoms with Crippen molar-refractivity contribution in [3.8, 4) is 0 Å². The normalized spacial score (nSPS) is 19.9. The van der Waals surface area contributed by atoms with Crippen molar-refractivity contribution in [2.45, 2.75) is 32.7 Å². The Hall–Kier alpha value is -1.10. The molecule has 0 radical (unpaired) electrons. The zero-order valence-electron chi connectivity index (χ0n) is 9.85. The summed E-state index contributed by atoms with van der Waals surface area (Å²) in [5.74, 6) is -1.01. The average molecular weight is 228 g/mol. The van der Waals surface area contributed by atoms with E-state index in [1.165, 1.54) is 0 Å². The number of amides is 1. The Morgan fingerprint density at radius 3 is 2.19 bits per heavy atom. The van der Waals surface area contributed by atoms with Crippen molar-refractivity contribution >= 4 is 11.9 Å². The van der Waals surface area contributed by atoms with Gasteiger partial charge in [-0.15, -0.1) is 0 Å². The van der Waals surface area contributed by atoms with Gasteiger partial charge in [-0.2, -0.15) is 0 Å². The van der Waals surface area contributed by atoms with E-state index in [-0.39, 0.29) is 17.7 Å². The monoisotopic (exact) mass is 228 g/mol. The number of carboxylic acids is 1. The van der Waals surface area contributed by atoms with E-state index in [1.54, 1.807) is 4.90 Å². The Morgan fingerprint density at radius 1 is 1.31 bits per heavy atom. The molecular formula is C11H20N2O3. The molecule has 0 aromatic carbocycles. The molecule has 1 fully saturated rings. The van der Waals surface area contributed by atoms with Gasteiger partial charge >= 0.3 is 5.97 Å². The highest BCUT2D eigenvalue weighted by Crippen LogP contribution is 2.18. The lowest BCUT2D eigenvalue weighted by Gasteiger charge is -2.32. The fourth-order valence-corrected chi connectivity index (χ4v) is 1.84. The summed E-state index contributed by atoms with van der Waals surface area (Å²) >= 11 is 0. The Kier molecular flexibility index (Phi) is 4.29. The molecule has 0 aliphatic carbocycles. The third kappa shape index (κ3) is 2.95. The van der Waals surface area contributed by atoms with Crippen LogP contribution in [0.3, 0.4) is 0 Å². The van der Waals surface area contributed by atoms with Gasteiger partial charge in [-0.3, -0.25) is 9.59 Å². The first-order valence-corrected chi connectivity index (χ1v) is 5.70. The smallest absolute Gasteiger partial charge is 0.306 e. The molecule has 0 aromatic heterocycles. The highest BCUT2D eigenvalue weighted by molar-refractivity contribution is 5.82. The van der Waals surface area contributed by atoms with E-state index >= 15 is 0 Å². The Morgan fingerprint density at radius 2 is 1.81 bits per heavy atom. The molecule has 3 N–H and O–H groups in total. The standard InChI is InChI=1S/C11H20N2O3/c1-7(2)9(12)10(14)13-5-3-8(4-6-13)11(15)16/h7-9H,3-6,12H2,1-2H3,(H,15,16). The van der Waals surface area contributed by atoms with Gasteiger partial charge in [0.25, 0.3) is 0 Å². The third-order valence-electron chi connectivity index (χ3n) is 3.16. The fraction of sp³-hybridized carbons (Fsp3) is 0.818. The van der Waals surface area contributed by atoms with Crippen LogP contribution in [0.2, 0.25) is 0 Å². The van der Waals surface area contributed by atoms with E-state index in [2.05, 4.69) is 0 Å². The van der Waals surface area contributed by atoms with Crippen LogP contribution >= 0.6 is 0 Å². The number of hydrogen-bond acceptors (Lipinski definition) is 3.